The van der Waals surface area contributed by atoms with Gasteiger partial charge in [0.25, 0.3) is 0 Å². The van der Waals surface area contributed by atoms with Gasteiger partial charge < -0.3 is 4.74 Å². The first kappa shape index (κ1) is 21.4. The fourth-order valence-corrected chi connectivity index (χ4v) is 5.46. The van der Waals surface area contributed by atoms with Gasteiger partial charge in [0.05, 0.1) is 6.10 Å². The number of benzene rings is 2. The molecule has 0 N–H and O–H groups in total. The molecule has 2 saturated carbocycles. The largest absolute Gasteiger partial charge is 0.378 e. The topological polar surface area (TPSA) is 9.23 Å². The third kappa shape index (κ3) is 3.89. The van der Waals surface area contributed by atoms with Crippen LogP contribution in [-0.4, -0.2) is 12.7 Å². The summed E-state index contributed by atoms with van der Waals surface area (Å²) in [6, 6.07) is 5.62. The average molecular weight is 420 g/mol. The van der Waals surface area contributed by atoms with Crippen molar-refractivity contribution >= 4 is 0 Å². The van der Waals surface area contributed by atoms with E-state index in [9.17, 15) is 13.2 Å². The van der Waals surface area contributed by atoms with Crippen LogP contribution >= 0.6 is 0 Å². The highest BCUT2D eigenvalue weighted by atomic mass is 19.2. The van der Waals surface area contributed by atoms with Crippen molar-refractivity contribution in [2.45, 2.75) is 64.4 Å². The lowest BCUT2D eigenvalue weighted by Crippen LogP contribution is -2.34. The maximum Gasteiger partial charge on any atom is 0.167 e. The normalized spacial score (nSPS) is 26.5. The van der Waals surface area contributed by atoms with Crippen LogP contribution < -0.4 is 0 Å². The van der Waals surface area contributed by atoms with E-state index in [0.29, 0.717) is 23.5 Å². The Hall–Kier alpha value is -1.88. The van der Waals surface area contributed by atoms with Crippen molar-refractivity contribution in [1.29, 1.82) is 0 Å². The molecule has 2 aromatic carbocycles. The predicted octanol–water partition coefficient (Wildman–Crippen LogP) is 7.31. The van der Waals surface area contributed by atoms with Crippen LogP contribution in [0.5, 0.6) is 0 Å². The van der Waals surface area contributed by atoms with Crippen LogP contribution in [0.3, 0.4) is 0 Å². The minimum Gasteiger partial charge on any atom is -0.378 e. The first-order valence-corrected chi connectivity index (χ1v) is 10.9. The van der Waals surface area contributed by atoms with Crippen LogP contribution in [-0.2, 0) is 4.74 Å². The summed E-state index contributed by atoms with van der Waals surface area (Å²) in [5.41, 5.74) is -0.00301. The number of hydrogen-bond acceptors (Lipinski definition) is 1. The van der Waals surface area contributed by atoms with Gasteiger partial charge in [-0.15, -0.1) is 0 Å². The molecule has 2 aliphatic carbocycles. The summed E-state index contributed by atoms with van der Waals surface area (Å²) >= 11 is 0. The summed E-state index contributed by atoms with van der Waals surface area (Å²) in [6.45, 7) is 4.17. The lowest BCUT2D eigenvalue weighted by molar-refractivity contribution is -0.00970. The van der Waals surface area contributed by atoms with E-state index >= 15 is 4.39 Å². The van der Waals surface area contributed by atoms with Crippen LogP contribution in [0, 0.1) is 42.0 Å². The van der Waals surface area contributed by atoms with Crippen molar-refractivity contribution in [2.75, 3.05) is 6.61 Å². The maximum atomic E-state index is 15.0. The van der Waals surface area contributed by atoms with E-state index in [1.807, 2.05) is 6.92 Å². The molecule has 4 atom stereocenters. The summed E-state index contributed by atoms with van der Waals surface area (Å²) in [5.74, 6) is -3.16. The van der Waals surface area contributed by atoms with Crippen molar-refractivity contribution < 1.29 is 22.3 Å². The lowest BCUT2D eigenvalue weighted by atomic mass is 9.65. The molecule has 0 aromatic heterocycles. The molecule has 2 aromatic rings. The summed E-state index contributed by atoms with van der Waals surface area (Å²) < 4.78 is 63.9. The average Bonchev–Trinajstić information content (AvgIpc) is 2.74. The van der Waals surface area contributed by atoms with Crippen LogP contribution in [0.4, 0.5) is 17.6 Å². The molecule has 0 amide bonds. The zero-order valence-corrected chi connectivity index (χ0v) is 17.5. The van der Waals surface area contributed by atoms with Gasteiger partial charge >= 0.3 is 0 Å². The molecule has 0 radical (unpaired) electrons. The zero-order chi connectivity index (χ0) is 21.4. The van der Waals surface area contributed by atoms with Gasteiger partial charge in [0.2, 0.25) is 0 Å². The van der Waals surface area contributed by atoms with E-state index in [1.54, 1.807) is 6.07 Å². The molecule has 4 rings (SSSR count). The van der Waals surface area contributed by atoms with Crippen LogP contribution in [0.25, 0.3) is 11.1 Å². The maximum absolute atomic E-state index is 15.0. The van der Waals surface area contributed by atoms with E-state index < -0.39 is 23.3 Å². The molecule has 1 nitrogen and oxygen atoms in total. The Morgan fingerprint density at radius 3 is 2.13 bits per heavy atom. The Kier molecular flexibility index (Phi) is 6.19. The smallest absolute Gasteiger partial charge is 0.167 e. The number of aryl methyl sites for hydroxylation is 1. The predicted molar refractivity (Wildman–Crippen MR) is 109 cm³/mol. The van der Waals surface area contributed by atoms with Gasteiger partial charge in [-0.05, 0) is 81.3 Å². The summed E-state index contributed by atoms with van der Waals surface area (Å²) in [6.07, 6.45) is 6.10. The standard InChI is InChI=1S/C25H28F4O/c1-3-30-18-8-7-15-12-17(6-5-16(15)13-18)19-10-11-21(25(29)23(19)27)20-9-4-14(2)22(26)24(20)28/h4,9-11,15-18H,3,5-8,12-13H2,1-2H3. The van der Waals surface area contributed by atoms with Gasteiger partial charge in [0.15, 0.2) is 23.3 Å². The van der Waals surface area contributed by atoms with Crippen LogP contribution in [0.15, 0.2) is 24.3 Å². The molecule has 0 bridgehead atoms. The summed E-state index contributed by atoms with van der Waals surface area (Å²) in [5, 5.41) is 0. The van der Waals surface area contributed by atoms with Crippen molar-refractivity contribution in [3.05, 3.63) is 58.7 Å². The molecule has 5 heteroatoms. The number of hydrogen-bond donors (Lipinski definition) is 0. The van der Waals surface area contributed by atoms with Crippen LogP contribution in [0.1, 0.15) is 62.5 Å². The Morgan fingerprint density at radius 2 is 1.40 bits per heavy atom. The second kappa shape index (κ2) is 8.70. The minimum absolute atomic E-state index is 0.0435. The Bertz CT molecular complexity index is 926. The molecule has 4 unspecified atom stereocenters. The molecule has 0 saturated heterocycles. The fourth-order valence-electron chi connectivity index (χ4n) is 5.46. The van der Waals surface area contributed by atoms with E-state index in [-0.39, 0.29) is 22.6 Å². The van der Waals surface area contributed by atoms with Gasteiger partial charge in [-0.25, -0.2) is 17.6 Å². The minimum atomic E-state index is -1.15. The molecule has 0 spiro atoms. The van der Waals surface area contributed by atoms with Gasteiger partial charge in [0, 0.05) is 17.7 Å². The Balaban J connectivity index is 1.56. The second-order valence-electron chi connectivity index (χ2n) is 8.81. The third-order valence-corrected chi connectivity index (χ3v) is 7.08. The lowest BCUT2D eigenvalue weighted by Gasteiger charge is -2.42. The molecular weight excluding hydrogens is 392 g/mol. The monoisotopic (exact) mass is 420 g/mol. The van der Waals surface area contributed by atoms with Crippen molar-refractivity contribution in [2.24, 2.45) is 11.8 Å². The number of halogens is 4. The molecule has 30 heavy (non-hydrogen) atoms. The highest BCUT2D eigenvalue weighted by Gasteiger charge is 2.37. The van der Waals surface area contributed by atoms with Gasteiger partial charge in [0.1, 0.15) is 0 Å². The van der Waals surface area contributed by atoms with Gasteiger partial charge in [-0.1, -0.05) is 24.3 Å². The number of fused-ring (bicyclic) bond motifs is 1. The van der Waals surface area contributed by atoms with Crippen LogP contribution in [0.2, 0.25) is 0 Å². The summed E-state index contributed by atoms with van der Waals surface area (Å²) in [4.78, 5) is 0. The molecule has 2 aliphatic rings. The van der Waals surface area contributed by atoms with Crippen molar-refractivity contribution in [3.8, 4) is 11.1 Å². The Morgan fingerprint density at radius 1 is 0.767 bits per heavy atom. The highest BCUT2D eigenvalue weighted by molar-refractivity contribution is 5.66. The molecular formula is C25H28F4O. The van der Waals surface area contributed by atoms with Gasteiger partial charge in [-0.3, -0.25) is 0 Å². The third-order valence-electron chi connectivity index (χ3n) is 7.08. The molecule has 162 valence electrons. The number of ether oxygens (including phenoxy) is 1. The van der Waals surface area contributed by atoms with E-state index in [2.05, 4.69) is 0 Å². The molecule has 2 fully saturated rings. The quantitative estimate of drug-likeness (QED) is 0.471. The molecule has 0 heterocycles. The molecule has 0 aliphatic heterocycles. The van der Waals surface area contributed by atoms with Gasteiger partial charge in [-0.2, -0.15) is 0 Å². The SMILES string of the molecule is CCOC1CCC2CC(c3ccc(-c4ccc(C)c(F)c4F)c(F)c3F)CCC2C1. The fraction of sp³-hybridized carbons (Fsp3) is 0.520. The highest BCUT2D eigenvalue weighted by Crippen LogP contribution is 2.47. The van der Waals surface area contributed by atoms with E-state index in [0.717, 1.165) is 45.1 Å². The number of rotatable bonds is 4. The summed E-state index contributed by atoms with van der Waals surface area (Å²) in [7, 11) is 0. The van der Waals surface area contributed by atoms with E-state index in [4.69, 9.17) is 4.74 Å². The first-order valence-electron chi connectivity index (χ1n) is 10.9. The Labute approximate surface area is 175 Å². The second-order valence-corrected chi connectivity index (χ2v) is 8.81. The van der Waals surface area contributed by atoms with Crippen molar-refractivity contribution in [1.82, 2.24) is 0 Å². The first-order chi connectivity index (χ1) is 14.4. The van der Waals surface area contributed by atoms with Crippen molar-refractivity contribution in [3.63, 3.8) is 0 Å². The van der Waals surface area contributed by atoms with E-state index in [1.165, 1.54) is 25.1 Å². The zero-order valence-electron chi connectivity index (χ0n) is 17.5.